The Hall–Kier alpha value is -1.81. The van der Waals surface area contributed by atoms with E-state index in [4.69, 9.17) is 4.74 Å². The molecule has 108 valence electrons. The molecular weight excluding hydrogens is 250 g/mol. The first-order chi connectivity index (χ1) is 9.85. The van der Waals surface area contributed by atoms with Crippen molar-refractivity contribution in [3.05, 3.63) is 48.0 Å². The molecule has 0 saturated carbocycles. The molecule has 0 aliphatic heterocycles. The minimum atomic E-state index is 0.743. The highest BCUT2D eigenvalue weighted by Gasteiger charge is 2.04. The number of aryl methyl sites for hydroxylation is 1. The van der Waals surface area contributed by atoms with Crippen LogP contribution in [0.1, 0.15) is 24.6 Å². The van der Waals surface area contributed by atoms with Gasteiger partial charge in [-0.1, -0.05) is 25.1 Å². The summed E-state index contributed by atoms with van der Waals surface area (Å²) in [7, 11) is 1.74. The zero-order valence-corrected chi connectivity index (χ0v) is 12.3. The van der Waals surface area contributed by atoms with E-state index in [9.17, 15) is 0 Å². The Morgan fingerprint density at radius 2 is 2.15 bits per heavy atom. The van der Waals surface area contributed by atoms with Crippen molar-refractivity contribution in [3.63, 3.8) is 0 Å². The molecule has 4 heteroatoms. The number of benzene rings is 1. The van der Waals surface area contributed by atoms with Crippen LogP contribution in [0.3, 0.4) is 0 Å². The standard InChI is InChI=1S/C16H23N3O/c1-3-9-19-13-17-11-15(19)12-18-16-7-5-4-6-14(16)8-10-20-2/h4-7,11,13,18H,3,8-10,12H2,1-2H3. The Balaban J connectivity index is 2.01. The quantitative estimate of drug-likeness (QED) is 0.803. The lowest BCUT2D eigenvalue weighted by molar-refractivity contribution is 0.202. The molecule has 0 fully saturated rings. The third-order valence-corrected chi connectivity index (χ3v) is 3.32. The Morgan fingerprint density at radius 3 is 2.95 bits per heavy atom. The average Bonchev–Trinajstić information content (AvgIpc) is 2.91. The SMILES string of the molecule is CCCn1cncc1CNc1ccccc1CCOC. The molecule has 1 aromatic heterocycles. The molecule has 0 aliphatic carbocycles. The number of hydrogen-bond donors (Lipinski definition) is 1. The van der Waals surface area contributed by atoms with E-state index in [1.807, 2.05) is 12.5 Å². The van der Waals surface area contributed by atoms with E-state index >= 15 is 0 Å². The monoisotopic (exact) mass is 273 g/mol. The number of anilines is 1. The summed E-state index contributed by atoms with van der Waals surface area (Å²) in [4.78, 5) is 4.23. The summed E-state index contributed by atoms with van der Waals surface area (Å²) in [6.45, 7) is 4.73. The molecule has 0 radical (unpaired) electrons. The fraction of sp³-hybridized carbons (Fsp3) is 0.438. The second kappa shape index (κ2) is 7.70. The summed E-state index contributed by atoms with van der Waals surface area (Å²) >= 11 is 0. The maximum atomic E-state index is 5.16. The van der Waals surface area contributed by atoms with Crippen molar-refractivity contribution in [1.29, 1.82) is 0 Å². The summed E-state index contributed by atoms with van der Waals surface area (Å²) < 4.78 is 7.36. The van der Waals surface area contributed by atoms with Gasteiger partial charge < -0.3 is 14.6 Å². The molecule has 0 aliphatic rings. The number of hydrogen-bond acceptors (Lipinski definition) is 3. The Morgan fingerprint density at radius 1 is 1.30 bits per heavy atom. The van der Waals surface area contributed by atoms with Gasteiger partial charge in [-0.25, -0.2) is 4.98 Å². The Bertz CT molecular complexity index is 522. The number of nitrogens with zero attached hydrogens (tertiary/aromatic N) is 2. The molecule has 2 aromatic rings. The normalized spacial score (nSPS) is 10.7. The van der Waals surface area contributed by atoms with Crippen molar-refractivity contribution >= 4 is 5.69 Å². The van der Waals surface area contributed by atoms with Crippen molar-refractivity contribution < 1.29 is 4.74 Å². The molecule has 0 bridgehead atoms. The number of para-hydroxylation sites is 1. The molecule has 0 atom stereocenters. The van der Waals surface area contributed by atoms with Crippen molar-refractivity contribution in [2.75, 3.05) is 19.0 Å². The van der Waals surface area contributed by atoms with Crippen molar-refractivity contribution in [3.8, 4) is 0 Å². The van der Waals surface area contributed by atoms with Gasteiger partial charge in [-0.3, -0.25) is 0 Å². The summed E-state index contributed by atoms with van der Waals surface area (Å²) in [5, 5.41) is 3.51. The van der Waals surface area contributed by atoms with Crippen LogP contribution in [0.4, 0.5) is 5.69 Å². The van der Waals surface area contributed by atoms with E-state index in [2.05, 4.69) is 46.1 Å². The van der Waals surface area contributed by atoms with Crippen LogP contribution in [0.15, 0.2) is 36.8 Å². The molecule has 20 heavy (non-hydrogen) atoms. The topological polar surface area (TPSA) is 39.1 Å². The lowest BCUT2D eigenvalue weighted by Crippen LogP contribution is -2.08. The first-order valence-corrected chi connectivity index (χ1v) is 7.15. The third-order valence-electron chi connectivity index (χ3n) is 3.32. The van der Waals surface area contributed by atoms with Gasteiger partial charge >= 0.3 is 0 Å². The smallest absolute Gasteiger partial charge is 0.0948 e. The van der Waals surface area contributed by atoms with E-state index in [1.54, 1.807) is 7.11 Å². The highest BCUT2D eigenvalue weighted by atomic mass is 16.5. The number of imidazole rings is 1. The summed E-state index contributed by atoms with van der Waals surface area (Å²) in [5.41, 5.74) is 3.68. The van der Waals surface area contributed by atoms with E-state index in [0.717, 1.165) is 32.5 Å². The number of aromatic nitrogens is 2. The number of methoxy groups -OCH3 is 1. The molecule has 0 unspecified atom stereocenters. The van der Waals surface area contributed by atoms with Gasteiger partial charge in [0, 0.05) is 25.5 Å². The van der Waals surface area contributed by atoms with Crippen LogP contribution in [-0.2, 0) is 24.2 Å². The molecule has 2 rings (SSSR count). The average molecular weight is 273 g/mol. The number of ether oxygens (including phenoxy) is 1. The molecule has 1 heterocycles. The minimum Gasteiger partial charge on any atom is -0.384 e. The Kier molecular flexibility index (Phi) is 5.62. The molecule has 4 nitrogen and oxygen atoms in total. The second-order valence-electron chi connectivity index (χ2n) is 4.83. The van der Waals surface area contributed by atoms with Crippen molar-refractivity contribution in [1.82, 2.24) is 9.55 Å². The fourth-order valence-corrected chi connectivity index (χ4v) is 2.25. The summed E-state index contributed by atoms with van der Waals surface area (Å²) in [5.74, 6) is 0. The molecule has 1 aromatic carbocycles. The lowest BCUT2D eigenvalue weighted by Gasteiger charge is -2.13. The molecule has 0 amide bonds. The van der Waals surface area contributed by atoms with Gasteiger partial charge in [-0.15, -0.1) is 0 Å². The minimum absolute atomic E-state index is 0.743. The highest BCUT2D eigenvalue weighted by Crippen LogP contribution is 2.17. The zero-order valence-electron chi connectivity index (χ0n) is 12.3. The second-order valence-corrected chi connectivity index (χ2v) is 4.83. The number of rotatable bonds is 8. The van der Waals surface area contributed by atoms with Crippen LogP contribution >= 0.6 is 0 Å². The van der Waals surface area contributed by atoms with E-state index in [1.165, 1.54) is 16.9 Å². The highest BCUT2D eigenvalue weighted by molar-refractivity contribution is 5.51. The van der Waals surface area contributed by atoms with Crippen LogP contribution < -0.4 is 5.32 Å². The molecular formula is C16H23N3O. The Labute approximate surface area is 120 Å². The van der Waals surface area contributed by atoms with Crippen LogP contribution in [0.25, 0.3) is 0 Å². The lowest BCUT2D eigenvalue weighted by atomic mass is 10.1. The van der Waals surface area contributed by atoms with Crippen molar-refractivity contribution in [2.45, 2.75) is 32.9 Å². The first kappa shape index (κ1) is 14.6. The van der Waals surface area contributed by atoms with Crippen LogP contribution in [0, 0.1) is 0 Å². The number of nitrogens with one attached hydrogen (secondary N) is 1. The maximum absolute atomic E-state index is 5.16. The predicted octanol–water partition coefficient (Wildman–Crippen LogP) is 3.09. The molecule has 0 saturated heterocycles. The molecule has 1 N–H and O–H groups in total. The maximum Gasteiger partial charge on any atom is 0.0948 e. The fourth-order valence-electron chi connectivity index (χ4n) is 2.25. The molecule has 0 spiro atoms. The van der Waals surface area contributed by atoms with Gasteiger partial charge in [-0.2, -0.15) is 0 Å². The largest absolute Gasteiger partial charge is 0.384 e. The van der Waals surface area contributed by atoms with Crippen LogP contribution in [0.5, 0.6) is 0 Å². The van der Waals surface area contributed by atoms with E-state index < -0.39 is 0 Å². The van der Waals surface area contributed by atoms with Crippen LogP contribution in [0.2, 0.25) is 0 Å². The van der Waals surface area contributed by atoms with Gasteiger partial charge in [0.25, 0.3) is 0 Å². The predicted molar refractivity (Wildman–Crippen MR) is 81.9 cm³/mol. The van der Waals surface area contributed by atoms with Crippen LogP contribution in [-0.4, -0.2) is 23.3 Å². The first-order valence-electron chi connectivity index (χ1n) is 7.15. The van der Waals surface area contributed by atoms with E-state index in [0.29, 0.717) is 0 Å². The van der Waals surface area contributed by atoms with Gasteiger partial charge in [-0.05, 0) is 24.5 Å². The van der Waals surface area contributed by atoms with E-state index in [-0.39, 0.29) is 0 Å². The van der Waals surface area contributed by atoms with Gasteiger partial charge in [0.05, 0.1) is 25.2 Å². The summed E-state index contributed by atoms with van der Waals surface area (Å²) in [6, 6.07) is 8.38. The van der Waals surface area contributed by atoms with Crippen molar-refractivity contribution in [2.24, 2.45) is 0 Å². The summed E-state index contributed by atoms with van der Waals surface area (Å²) in [6.07, 6.45) is 5.87. The van der Waals surface area contributed by atoms with Gasteiger partial charge in [0.15, 0.2) is 0 Å². The van der Waals surface area contributed by atoms with Gasteiger partial charge in [0.1, 0.15) is 0 Å². The third kappa shape index (κ3) is 3.84. The van der Waals surface area contributed by atoms with Gasteiger partial charge in [0.2, 0.25) is 0 Å². The zero-order chi connectivity index (χ0) is 14.2.